The number of amides is 2. The number of aromatic nitrogens is 4. The molecule has 0 aliphatic heterocycles. The number of nitrogens with two attached hydrogens (primary N) is 1. The van der Waals surface area contributed by atoms with Gasteiger partial charge in [0, 0.05) is 36.2 Å². The van der Waals surface area contributed by atoms with Crippen molar-refractivity contribution in [3.63, 3.8) is 0 Å². The Morgan fingerprint density at radius 3 is 2.88 bits per heavy atom. The van der Waals surface area contributed by atoms with E-state index in [1.807, 2.05) is 18.5 Å². The molecule has 5 N–H and O–H groups in total. The van der Waals surface area contributed by atoms with E-state index in [0.717, 1.165) is 53.7 Å². The van der Waals surface area contributed by atoms with Crippen LogP contribution in [0.4, 0.5) is 0 Å². The number of hydrogen-bond donors (Lipinski definition) is 4. The number of imidazole rings is 1. The first-order valence-corrected chi connectivity index (χ1v) is 11.6. The van der Waals surface area contributed by atoms with Crippen LogP contribution < -0.4 is 11.1 Å². The largest absolute Gasteiger partial charge is 0.370 e. The van der Waals surface area contributed by atoms with E-state index in [4.69, 9.17) is 5.73 Å². The smallest absolute Gasteiger partial charge is 0.263 e. The summed E-state index contributed by atoms with van der Waals surface area (Å²) in [5.41, 5.74) is 9.93. The third kappa shape index (κ3) is 5.42. The van der Waals surface area contributed by atoms with Gasteiger partial charge in [0.1, 0.15) is 10.7 Å². The summed E-state index contributed by atoms with van der Waals surface area (Å²) in [6, 6.07) is 8.28. The van der Waals surface area contributed by atoms with Gasteiger partial charge in [-0.1, -0.05) is 25.0 Å². The number of benzene rings is 1. The van der Waals surface area contributed by atoms with Crippen LogP contribution in [0.15, 0.2) is 48.4 Å². The number of unbranched alkanes of at least 4 members (excludes halogenated alkanes) is 2. The summed E-state index contributed by atoms with van der Waals surface area (Å²) < 4.78 is 0. The van der Waals surface area contributed by atoms with E-state index < -0.39 is 0 Å². The maximum absolute atomic E-state index is 12.4. The third-order valence-corrected chi connectivity index (χ3v) is 6.26. The summed E-state index contributed by atoms with van der Waals surface area (Å²) in [6.45, 7) is 0.467. The highest BCUT2D eigenvalue weighted by Gasteiger charge is 2.18. The first-order valence-electron chi connectivity index (χ1n) is 10.7. The molecule has 0 aliphatic rings. The molecule has 9 heteroatoms. The Labute approximate surface area is 189 Å². The zero-order chi connectivity index (χ0) is 22.3. The number of primary amides is 1. The molecule has 0 saturated heterocycles. The molecule has 1 unspecified atom stereocenters. The van der Waals surface area contributed by atoms with Gasteiger partial charge in [-0.15, -0.1) is 11.3 Å². The summed E-state index contributed by atoms with van der Waals surface area (Å²) in [7, 11) is 0. The fraction of sp³-hybridized carbons (Fsp3) is 0.304. The second-order valence-electron chi connectivity index (χ2n) is 7.80. The number of carbonyl (C=O) groups is 2. The first kappa shape index (κ1) is 21.8. The molecule has 1 atom stereocenters. The number of fused-ring (bicyclic) bond motifs is 1. The molecule has 32 heavy (non-hydrogen) atoms. The van der Waals surface area contributed by atoms with Crippen LogP contribution in [-0.4, -0.2) is 38.3 Å². The van der Waals surface area contributed by atoms with Crippen molar-refractivity contribution in [1.29, 1.82) is 0 Å². The lowest BCUT2D eigenvalue weighted by atomic mass is 9.99. The number of rotatable bonds is 11. The maximum Gasteiger partial charge on any atom is 0.263 e. The van der Waals surface area contributed by atoms with E-state index in [1.54, 1.807) is 11.7 Å². The molecule has 0 saturated carbocycles. The molecule has 2 amide bonds. The average Bonchev–Trinajstić information content (AvgIpc) is 3.55. The number of nitrogens with one attached hydrogen (secondary N) is 3. The van der Waals surface area contributed by atoms with Gasteiger partial charge in [0.15, 0.2) is 0 Å². The Kier molecular flexibility index (Phi) is 6.96. The molecule has 0 spiro atoms. The van der Waals surface area contributed by atoms with Gasteiger partial charge in [-0.25, -0.2) is 4.98 Å². The lowest BCUT2D eigenvalue weighted by molar-refractivity contribution is -0.118. The van der Waals surface area contributed by atoms with Crippen LogP contribution in [0.25, 0.3) is 22.2 Å². The van der Waals surface area contributed by atoms with E-state index in [1.165, 1.54) is 11.3 Å². The van der Waals surface area contributed by atoms with Crippen LogP contribution in [0, 0.1) is 0 Å². The van der Waals surface area contributed by atoms with Gasteiger partial charge < -0.3 is 21.0 Å². The number of nitrogens with zero attached hydrogens (tertiary/aromatic N) is 2. The van der Waals surface area contributed by atoms with E-state index in [9.17, 15) is 9.59 Å². The maximum atomic E-state index is 12.4. The summed E-state index contributed by atoms with van der Waals surface area (Å²) >= 11 is 1.32. The standard InChI is InChI=1S/C23H26N6O2S/c24-21(30)5-3-1-2-4-17(11-28-23(31)20-13-25-14-32-20)22-27-12-19(29-22)16-7-6-15-8-9-26-18(15)10-16/h6-10,12-14,17,26H,1-5,11H2,(H2,24,30)(H,27,29)(H,28,31). The SMILES string of the molecule is NC(=O)CCCCCC(CNC(=O)c1cncs1)c1ncc(-c2ccc3cc[nH]c3c2)[nH]1. The Hall–Kier alpha value is -3.46. The molecule has 4 rings (SSSR count). The predicted molar refractivity (Wildman–Crippen MR) is 125 cm³/mol. The van der Waals surface area contributed by atoms with Gasteiger partial charge in [-0.05, 0) is 30.4 Å². The number of aromatic amines is 2. The molecule has 0 radical (unpaired) electrons. The van der Waals surface area contributed by atoms with Crippen LogP contribution in [0.1, 0.15) is 53.5 Å². The molecule has 166 valence electrons. The lowest BCUT2D eigenvalue weighted by Crippen LogP contribution is -2.28. The molecular weight excluding hydrogens is 424 g/mol. The Bertz CT molecular complexity index is 1180. The van der Waals surface area contributed by atoms with Gasteiger partial charge in [0.2, 0.25) is 5.91 Å². The van der Waals surface area contributed by atoms with Crippen molar-refractivity contribution in [3.05, 3.63) is 59.1 Å². The molecule has 0 aliphatic carbocycles. The van der Waals surface area contributed by atoms with Crippen LogP contribution >= 0.6 is 11.3 Å². The molecule has 0 bridgehead atoms. The predicted octanol–water partition coefficient (Wildman–Crippen LogP) is 3.96. The highest BCUT2D eigenvalue weighted by molar-refractivity contribution is 7.11. The Morgan fingerprint density at radius 2 is 2.06 bits per heavy atom. The molecule has 0 fully saturated rings. The Morgan fingerprint density at radius 1 is 1.16 bits per heavy atom. The van der Waals surface area contributed by atoms with Crippen LogP contribution in [0.3, 0.4) is 0 Å². The van der Waals surface area contributed by atoms with Gasteiger partial charge in [0.25, 0.3) is 5.91 Å². The van der Waals surface area contributed by atoms with E-state index in [2.05, 4.69) is 43.5 Å². The minimum atomic E-state index is -0.270. The topological polar surface area (TPSA) is 130 Å². The summed E-state index contributed by atoms with van der Waals surface area (Å²) in [4.78, 5) is 39.2. The molecule has 1 aromatic carbocycles. The number of hydrogen-bond acceptors (Lipinski definition) is 5. The van der Waals surface area contributed by atoms with Crippen molar-refractivity contribution in [2.45, 2.75) is 38.0 Å². The molecule has 3 heterocycles. The van der Waals surface area contributed by atoms with Crippen LogP contribution in [0.2, 0.25) is 0 Å². The number of carbonyl (C=O) groups excluding carboxylic acids is 2. The number of thiazole rings is 1. The third-order valence-electron chi connectivity index (χ3n) is 5.49. The van der Waals surface area contributed by atoms with Crippen LogP contribution in [-0.2, 0) is 4.79 Å². The van der Waals surface area contributed by atoms with Crippen molar-refractivity contribution in [1.82, 2.24) is 25.3 Å². The van der Waals surface area contributed by atoms with Gasteiger partial charge in [-0.2, -0.15) is 0 Å². The highest BCUT2D eigenvalue weighted by Crippen LogP contribution is 2.26. The van der Waals surface area contributed by atoms with E-state index in [-0.39, 0.29) is 17.7 Å². The van der Waals surface area contributed by atoms with Gasteiger partial charge in [0.05, 0.1) is 23.6 Å². The lowest BCUT2D eigenvalue weighted by Gasteiger charge is -2.15. The zero-order valence-electron chi connectivity index (χ0n) is 17.6. The first-order chi connectivity index (χ1) is 15.6. The minimum absolute atomic E-state index is 0.0309. The highest BCUT2D eigenvalue weighted by atomic mass is 32.1. The normalized spacial score (nSPS) is 12.1. The van der Waals surface area contributed by atoms with Crippen molar-refractivity contribution in [3.8, 4) is 11.3 Å². The summed E-state index contributed by atoms with van der Waals surface area (Å²) in [6.07, 6.45) is 9.16. The quantitative estimate of drug-likeness (QED) is 0.258. The number of H-pyrrole nitrogens is 2. The van der Waals surface area contributed by atoms with Crippen molar-refractivity contribution >= 4 is 34.1 Å². The minimum Gasteiger partial charge on any atom is -0.370 e. The second-order valence-corrected chi connectivity index (χ2v) is 8.69. The fourth-order valence-electron chi connectivity index (χ4n) is 3.74. The average molecular weight is 451 g/mol. The zero-order valence-corrected chi connectivity index (χ0v) is 18.5. The monoisotopic (exact) mass is 450 g/mol. The summed E-state index contributed by atoms with van der Waals surface area (Å²) in [5, 5.41) is 4.17. The van der Waals surface area contributed by atoms with E-state index in [0.29, 0.717) is 17.8 Å². The molecule has 8 nitrogen and oxygen atoms in total. The van der Waals surface area contributed by atoms with Crippen molar-refractivity contribution < 1.29 is 9.59 Å². The summed E-state index contributed by atoms with van der Waals surface area (Å²) in [5.74, 6) is 0.470. The van der Waals surface area contributed by atoms with E-state index >= 15 is 0 Å². The van der Waals surface area contributed by atoms with Crippen molar-refractivity contribution in [2.75, 3.05) is 6.54 Å². The van der Waals surface area contributed by atoms with Crippen LogP contribution in [0.5, 0.6) is 0 Å². The van der Waals surface area contributed by atoms with Crippen molar-refractivity contribution in [2.24, 2.45) is 5.73 Å². The fourth-order valence-corrected chi connectivity index (χ4v) is 4.28. The van der Waals surface area contributed by atoms with Gasteiger partial charge in [-0.3, -0.25) is 14.6 Å². The molecule has 4 aromatic rings. The molecular formula is C23H26N6O2S. The Balaban J connectivity index is 1.45. The van der Waals surface area contributed by atoms with Gasteiger partial charge >= 0.3 is 0 Å². The second kappa shape index (κ2) is 10.2. The molecule has 3 aromatic heterocycles.